The van der Waals surface area contributed by atoms with Gasteiger partial charge in [0, 0.05) is 24.9 Å². The smallest absolute Gasteiger partial charge is 0.481 e. The fourth-order valence-corrected chi connectivity index (χ4v) is 5.04. The molecule has 5 N–H and O–H groups in total. The second-order valence-electron chi connectivity index (χ2n) is 10.3. The van der Waals surface area contributed by atoms with Crippen molar-refractivity contribution in [3.05, 3.63) is 125 Å². The van der Waals surface area contributed by atoms with Gasteiger partial charge in [-0.2, -0.15) is 0 Å². The van der Waals surface area contributed by atoms with Crippen molar-refractivity contribution in [2.45, 2.75) is 45.3 Å². The summed E-state index contributed by atoms with van der Waals surface area (Å²) in [6.07, 6.45) is 2.10. The molecule has 2 aliphatic rings. The van der Waals surface area contributed by atoms with E-state index >= 15 is 0 Å². The van der Waals surface area contributed by atoms with Crippen LogP contribution in [0, 0.1) is 0 Å². The van der Waals surface area contributed by atoms with Crippen molar-refractivity contribution < 1.29 is 34.1 Å². The average Bonchev–Trinajstić information content (AvgIpc) is 3.59. The Morgan fingerprint density at radius 1 is 0.674 bits per heavy atom. The Hall–Kier alpha value is -4.21. The summed E-state index contributed by atoms with van der Waals surface area (Å²) in [4.78, 5) is 22.5. The zero-order valence-electron chi connectivity index (χ0n) is 23.9. The summed E-state index contributed by atoms with van der Waals surface area (Å²) in [6.45, 7) is 0.847. The highest BCUT2D eigenvalue weighted by Gasteiger charge is 2.30. The van der Waals surface area contributed by atoms with E-state index < -0.39 is 20.2 Å². The van der Waals surface area contributed by atoms with Crippen LogP contribution >= 0.6 is 0 Å². The monoisotopic (exact) mass is 579 g/mol. The molecule has 0 bridgehead atoms. The SMILES string of the molecule is Nc1ccccc1.O=C(CCc1cccc2c1B(O)OC2)Cc1ccccc1.O=C(O)CCc1cccc2c1B(O)OC2. The molecular formula is C33H35B2NO7. The number of Topliss-reactive ketones (excluding diaryl/α,β-unsaturated/α-hetero) is 1. The lowest BCUT2D eigenvalue weighted by Crippen LogP contribution is -2.31. The van der Waals surface area contributed by atoms with Gasteiger partial charge >= 0.3 is 20.2 Å². The number of hydrogen-bond donors (Lipinski definition) is 4. The second kappa shape index (κ2) is 15.9. The van der Waals surface area contributed by atoms with Crippen LogP contribution in [0.3, 0.4) is 0 Å². The van der Waals surface area contributed by atoms with Gasteiger partial charge in [0.2, 0.25) is 0 Å². The maximum Gasteiger partial charge on any atom is 0.492 e. The summed E-state index contributed by atoms with van der Waals surface area (Å²) in [7, 11) is -1.74. The fourth-order valence-electron chi connectivity index (χ4n) is 5.04. The van der Waals surface area contributed by atoms with Gasteiger partial charge in [-0.25, -0.2) is 0 Å². The maximum atomic E-state index is 12.1. The topological polar surface area (TPSA) is 139 Å². The molecule has 0 aromatic heterocycles. The Morgan fingerprint density at radius 2 is 1.16 bits per heavy atom. The molecule has 0 saturated heterocycles. The number of carboxylic acids is 1. The standard InChI is InChI=1S/C17H17BO3.C10H11BO4.C6H7N/c19-16(11-13-5-2-1-3-6-13)10-9-14-7-4-8-15-12-21-18(20)17(14)15;12-9(13)5-4-7-2-1-3-8-6-15-11(14)10(7)8;7-6-4-2-1-3-5-6/h1-8,20H,9-12H2;1-3,14H,4-6H2,(H,12,13);1-5H,7H2. The molecule has 2 aliphatic heterocycles. The second-order valence-corrected chi connectivity index (χ2v) is 10.3. The van der Waals surface area contributed by atoms with E-state index in [2.05, 4.69) is 0 Å². The van der Waals surface area contributed by atoms with Crippen LogP contribution in [0.5, 0.6) is 0 Å². The number of fused-ring (bicyclic) bond motifs is 2. The molecule has 0 amide bonds. The van der Waals surface area contributed by atoms with Crippen LogP contribution in [0.15, 0.2) is 97.1 Å². The number of carbonyl (C=O) groups excluding carboxylic acids is 1. The van der Waals surface area contributed by atoms with Gasteiger partial charge in [-0.1, -0.05) is 84.9 Å². The molecule has 8 nitrogen and oxygen atoms in total. The van der Waals surface area contributed by atoms with Gasteiger partial charge in [0.1, 0.15) is 5.78 Å². The molecule has 2 heterocycles. The third kappa shape index (κ3) is 9.39. The number of nitrogen functional groups attached to an aromatic ring is 1. The minimum absolute atomic E-state index is 0.0726. The van der Waals surface area contributed by atoms with Gasteiger partial charge < -0.3 is 30.2 Å². The summed E-state index contributed by atoms with van der Waals surface area (Å²) >= 11 is 0. The van der Waals surface area contributed by atoms with Crippen LogP contribution in [-0.4, -0.2) is 41.1 Å². The predicted molar refractivity (Wildman–Crippen MR) is 168 cm³/mol. The summed E-state index contributed by atoms with van der Waals surface area (Å²) in [6, 6.07) is 30.7. The molecule has 0 saturated carbocycles. The molecular weight excluding hydrogens is 544 g/mol. The number of anilines is 1. The predicted octanol–water partition coefficient (Wildman–Crippen LogP) is 2.84. The molecule has 0 fully saturated rings. The average molecular weight is 579 g/mol. The molecule has 43 heavy (non-hydrogen) atoms. The first kappa shape index (κ1) is 31.7. The first-order valence-corrected chi connectivity index (χ1v) is 14.2. The molecule has 220 valence electrons. The van der Waals surface area contributed by atoms with Crippen molar-refractivity contribution in [1.29, 1.82) is 0 Å². The number of nitrogens with two attached hydrogens (primary N) is 1. The summed E-state index contributed by atoms with van der Waals surface area (Å²) in [5.41, 5.74) is 12.7. The van der Waals surface area contributed by atoms with Gasteiger partial charge in [0.05, 0.1) is 13.2 Å². The number of carboxylic acid groups (broad SMARTS) is 1. The zero-order chi connectivity index (χ0) is 30.6. The van der Waals surface area contributed by atoms with Gasteiger partial charge in [-0.3, -0.25) is 9.59 Å². The number of rotatable bonds is 8. The normalized spacial score (nSPS) is 12.8. The Bertz CT molecular complexity index is 1500. The van der Waals surface area contributed by atoms with Crippen LogP contribution < -0.4 is 16.7 Å². The van der Waals surface area contributed by atoms with Gasteiger partial charge in [-0.05, 0) is 63.7 Å². The maximum absolute atomic E-state index is 12.1. The number of aliphatic carboxylic acids is 1. The molecule has 4 aromatic carbocycles. The van der Waals surface area contributed by atoms with Crippen molar-refractivity contribution in [3.63, 3.8) is 0 Å². The van der Waals surface area contributed by atoms with Crippen molar-refractivity contribution in [1.82, 2.24) is 0 Å². The van der Waals surface area contributed by atoms with Crippen molar-refractivity contribution in [2.24, 2.45) is 0 Å². The lowest BCUT2D eigenvalue weighted by Gasteiger charge is -2.08. The van der Waals surface area contributed by atoms with E-state index in [0.29, 0.717) is 38.9 Å². The van der Waals surface area contributed by atoms with Gasteiger partial charge in [0.25, 0.3) is 0 Å². The summed E-state index contributed by atoms with van der Waals surface area (Å²) in [5, 5.41) is 28.0. The first-order chi connectivity index (χ1) is 20.8. The minimum Gasteiger partial charge on any atom is -0.481 e. The molecule has 10 heteroatoms. The highest BCUT2D eigenvalue weighted by Crippen LogP contribution is 2.15. The van der Waals surface area contributed by atoms with E-state index in [1.807, 2.05) is 97.1 Å². The van der Waals surface area contributed by atoms with E-state index in [9.17, 15) is 19.6 Å². The number of ketones is 1. The Morgan fingerprint density at radius 3 is 1.63 bits per heavy atom. The van der Waals surface area contributed by atoms with Crippen molar-refractivity contribution in [2.75, 3.05) is 5.73 Å². The first-order valence-electron chi connectivity index (χ1n) is 14.2. The zero-order valence-corrected chi connectivity index (χ0v) is 23.9. The van der Waals surface area contributed by atoms with Gasteiger partial charge in [-0.15, -0.1) is 0 Å². The summed E-state index contributed by atoms with van der Waals surface area (Å²) in [5.74, 6) is -0.617. The third-order valence-electron chi connectivity index (χ3n) is 7.19. The molecule has 0 atom stereocenters. The number of para-hydroxylation sites is 1. The number of hydrogen-bond acceptors (Lipinski definition) is 7. The molecule has 4 aromatic rings. The Balaban J connectivity index is 0.000000167. The quantitative estimate of drug-likeness (QED) is 0.185. The fraction of sp³-hybridized carbons (Fsp3) is 0.212. The molecule has 0 radical (unpaired) electrons. The number of aryl methyl sites for hydroxylation is 2. The molecule has 6 rings (SSSR count). The lowest BCUT2D eigenvalue weighted by molar-refractivity contribution is -0.137. The Kier molecular flexibility index (Phi) is 11.7. The molecule has 0 spiro atoms. The lowest BCUT2D eigenvalue weighted by atomic mass is 9.75. The minimum atomic E-state index is -0.898. The summed E-state index contributed by atoms with van der Waals surface area (Å²) < 4.78 is 10.3. The highest BCUT2D eigenvalue weighted by molar-refractivity contribution is 6.62. The van der Waals surface area contributed by atoms with Crippen LogP contribution in [-0.2, 0) is 51.4 Å². The van der Waals surface area contributed by atoms with E-state index in [1.165, 1.54) is 0 Å². The van der Waals surface area contributed by atoms with E-state index in [4.69, 9.17) is 20.1 Å². The third-order valence-corrected chi connectivity index (χ3v) is 7.19. The van der Waals surface area contributed by atoms with E-state index in [0.717, 1.165) is 44.4 Å². The van der Waals surface area contributed by atoms with Crippen molar-refractivity contribution >= 4 is 42.6 Å². The van der Waals surface area contributed by atoms with Gasteiger partial charge in [0.15, 0.2) is 0 Å². The highest BCUT2D eigenvalue weighted by atomic mass is 16.5. The van der Waals surface area contributed by atoms with Crippen LogP contribution in [0.25, 0.3) is 0 Å². The van der Waals surface area contributed by atoms with E-state index in [-0.39, 0.29) is 12.2 Å². The van der Waals surface area contributed by atoms with Crippen LogP contribution in [0.4, 0.5) is 5.69 Å². The molecule has 0 aliphatic carbocycles. The molecule has 0 unspecified atom stereocenters. The Labute approximate surface area is 252 Å². The van der Waals surface area contributed by atoms with E-state index in [1.54, 1.807) is 0 Å². The van der Waals surface area contributed by atoms with Crippen molar-refractivity contribution in [3.8, 4) is 0 Å². The largest absolute Gasteiger partial charge is 0.492 e. The number of carbonyl (C=O) groups is 2. The van der Waals surface area contributed by atoms with Crippen LogP contribution in [0.1, 0.15) is 40.7 Å². The van der Waals surface area contributed by atoms with Crippen LogP contribution in [0.2, 0.25) is 0 Å². The number of benzene rings is 4.